The molecule has 1 spiro atoms. The van der Waals surface area contributed by atoms with Gasteiger partial charge in [-0.3, -0.25) is 0 Å². The van der Waals surface area contributed by atoms with Gasteiger partial charge in [0.2, 0.25) is 0 Å². The normalized spacial score (nSPS) is 44.9. The number of rotatable bonds is 1. The van der Waals surface area contributed by atoms with Crippen LogP contribution in [0.5, 0.6) is 0 Å². The van der Waals surface area contributed by atoms with Gasteiger partial charge in [-0.1, -0.05) is 34.5 Å². The lowest BCUT2D eigenvalue weighted by molar-refractivity contribution is -0.245. The van der Waals surface area contributed by atoms with Crippen LogP contribution >= 0.6 is 15.9 Å². The molecule has 1 aliphatic carbocycles. The van der Waals surface area contributed by atoms with Gasteiger partial charge in [-0.15, -0.1) is 0 Å². The molecule has 7 atom stereocenters. The first kappa shape index (κ1) is 17.4. The maximum Gasteiger partial charge on any atom is 0.190 e. The second-order valence-electron chi connectivity index (χ2n) is 8.49. The summed E-state index contributed by atoms with van der Waals surface area (Å²) >= 11 is 3.52. The number of halogens is 1. The first-order valence-electron chi connectivity index (χ1n) is 10.3. The minimum Gasteiger partial charge on any atom is -0.373 e. The van der Waals surface area contributed by atoms with Gasteiger partial charge >= 0.3 is 0 Å². The number of hydrogen-bond donors (Lipinski definition) is 0. The lowest BCUT2D eigenvalue weighted by atomic mass is 9.83. The summed E-state index contributed by atoms with van der Waals surface area (Å²) in [5.41, 5.74) is 1.18. The highest BCUT2D eigenvalue weighted by Crippen LogP contribution is 2.53. The van der Waals surface area contributed by atoms with E-state index in [1.807, 2.05) is 0 Å². The van der Waals surface area contributed by atoms with Crippen molar-refractivity contribution in [2.24, 2.45) is 5.92 Å². The topological polar surface area (TPSA) is 46.2 Å². The standard InChI is InChI=1S/C21H25BrO5/c22-13-6-4-12(5-7-13)16-15-14(8-11-23-16)24-18-17(15)25-20-19(18)26-21(27-20)9-2-1-3-10-21/h4-7,14-20H,1-3,8-11H2. The molecule has 146 valence electrons. The van der Waals surface area contributed by atoms with E-state index >= 15 is 0 Å². The Morgan fingerprint density at radius 1 is 0.889 bits per heavy atom. The summed E-state index contributed by atoms with van der Waals surface area (Å²) in [5.74, 6) is -0.248. The van der Waals surface area contributed by atoms with Crippen LogP contribution in [0.3, 0.4) is 0 Å². The van der Waals surface area contributed by atoms with Gasteiger partial charge in [0.1, 0.15) is 12.2 Å². The van der Waals surface area contributed by atoms with Crippen molar-refractivity contribution in [3.63, 3.8) is 0 Å². The van der Waals surface area contributed by atoms with Crippen LogP contribution in [0, 0.1) is 5.92 Å². The summed E-state index contributed by atoms with van der Waals surface area (Å²) in [7, 11) is 0. The highest BCUT2D eigenvalue weighted by molar-refractivity contribution is 9.10. The van der Waals surface area contributed by atoms with Gasteiger partial charge in [0.05, 0.1) is 18.3 Å². The van der Waals surface area contributed by atoms with Gasteiger partial charge in [-0.05, 0) is 37.0 Å². The van der Waals surface area contributed by atoms with Crippen molar-refractivity contribution in [1.82, 2.24) is 0 Å². The van der Waals surface area contributed by atoms with Gasteiger partial charge in [0.15, 0.2) is 12.1 Å². The Hall–Kier alpha value is -0.500. The zero-order chi connectivity index (χ0) is 18.0. The third-order valence-electron chi connectivity index (χ3n) is 6.89. The van der Waals surface area contributed by atoms with Crippen LogP contribution < -0.4 is 0 Å². The van der Waals surface area contributed by atoms with E-state index in [0.29, 0.717) is 0 Å². The fourth-order valence-electron chi connectivity index (χ4n) is 5.67. The third kappa shape index (κ3) is 2.75. The predicted octanol–water partition coefficient (Wildman–Crippen LogP) is 4.09. The number of hydrogen-bond acceptors (Lipinski definition) is 5. The monoisotopic (exact) mass is 436 g/mol. The van der Waals surface area contributed by atoms with E-state index in [9.17, 15) is 0 Å². The average Bonchev–Trinajstić information content (AvgIpc) is 3.30. The van der Waals surface area contributed by atoms with Crippen molar-refractivity contribution in [3.8, 4) is 0 Å². The molecule has 4 saturated heterocycles. The van der Waals surface area contributed by atoms with Crippen LogP contribution in [0.1, 0.15) is 50.2 Å². The quantitative estimate of drug-likeness (QED) is 0.662. The van der Waals surface area contributed by atoms with Crippen LogP contribution in [0.2, 0.25) is 0 Å². The number of fused-ring (bicyclic) bond motifs is 5. The van der Waals surface area contributed by atoms with Crippen molar-refractivity contribution in [2.45, 2.75) is 81.1 Å². The lowest BCUT2D eigenvalue weighted by Crippen LogP contribution is -2.40. The molecule has 5 fully saturated rings. The van der Waals surface area contributed by atoms with Gasteiger partial charge in [0, 0.05) is 29.8 Å². The Balaban J connectivity index is 1.25. The molecule has 6 rings (SSSR count). The molecule has 0 aromatic heterocycles. The van der Waals surface area contributed by atoms with E-state index in [1.165, 1.54) is 24.8 Å². The molecule has 1 saturated carbocycles. The molecular formula is C21H25BrO5. The van der Waals surface area contributed by atoms with Crippen molar-refractivity contribution in [2.75, 3.05) is 6.61 Å². The van der Waals surface area contributed by atoms with Gasteiger partial charge < -0.3 is 23.7 Å². The van der Waals surface area contributed by atoms with Crippen molar-refractivity contribution in [3.05, 3.63) is 34.3 Å². The molecule has 6 heteroatoms. The largest absolute Gasteiger partial charge is 0.373 e. The molecule has 4 aliphatic heterocycles. The van der Waals surface area contributed by atoms with E-state index in [4.69, 9.17) is 23.7 Å². The molecule has 5 aliphatic rings. The van der Waals surface area contributed by atoms with Gasteiger partial charge in [-0.25, -0.2) is 0 Å². The molecule has 0 bridgehead atoms. The summed E-state index contributed by atoms with van der Waals surface area (Å²) in [6.07, 6.45) is 6.13. The van der Waals surface area contributed by atoms with E-state index in [2.05, 4.69) is 40.2 Å². The Kier molecular flexibility index (Phi) is 4.19. The zero-order valence-corrected chi connectivity index (χ0v) is 16.8. The molecule has 0 amide bonds. The first-order valence-corrected chi connectivity index (χ1v) is 11.1. The molecule has 1 aromatic rings. The fourth-order valence-corrected chi connectivity index (χ4v) is 5.94. The summed E-state index contributed by atoms with van der Waals surface area (Å²) < 4.78 is 33.0. The molecule has 7 unspecified atom stereocenters. The number of benzene rings is 1. The van der Waals surface area contributed by atoms with Crippen LogP contribution in [0.15, 0.2) is 28.7 Å². The van der Waals surface area contributed by atoms with Gasteiger partial charge in [0.25, 0.3) is 0 Å². The zero-order valence-electron chi connectivity index (χ0n) is 15.2. The van der Waals surface area contributed by atoms with Crippen molar-refractivity contribution < 1.29 is 23.7 Å². The Labute approximate surface area is 167 Å². The van der Waals surface area contributed by atoms with Gasteiger partial charge in [-0.2, -0.15) is 0 Å². The predicted molar refractivity (Wildman–Crippen MR) is 100 cm³/mol. The molecule has 27 heavy (non-hydrogen) atoms. The maximum atomic E-state index is 6.49. The Morgan fingerprint density at radius 3 is 2.52 bits per heavy atom. The van der Waals surface area contributed by atoms with E-state index in [-0.39, 0.29) is 42.7 Å². The first-order chi connectivity index (χ1) is 13.2. The fraction of sp³-hybridized carbons (Fsp3) is 0.714. The summed E-state index contributed by atoms with van der Waals surface area (Å²) in [6, 6.07) is 8.40. The minimum atomic E-state index is -0.433. The van der Waals surface area contributed by atoms with E-state index < -0.39 is 5.79 Å². The number of ether oxygens (including phenoxy) is 5. The molecule has 4 heterocycles. The summed E-state index contributed by atoms with van der Waals surface area (Å²) in [4.78, 5) is 0. The summed E-state index contributed by atoms with van der Waals surface area (Å²) in [5, 5.41) is 0. The van der Waals surface area contributed by atoms with Crippen LogP contribution in [-0.2, 0) is 23.7 Å². The van der Waals surface area contributed by atoms with Crippen molar-refractivity contribution in [1.29, 1.82) is 0 Å². The summed E-state index contributed by atoms with van der Waals surface area (Å²) in [6.45, 7) is 0.719. The van der Waals surface area contributed by atoms with Crippen molar-refractivity contribution >= 4 is 15.9 Å². The highest BCUT2D eigenvalue weighted by Gasteiger charge is 2.65. The molecule has 1 aromatic carbocycles. The Morgan fingerprint density at radius 2 is 1.70 bits per heavy atom. The second kappa shape index (κ2) is 6.51. The van der Waals surface area contributed by atoms with E-state index in [1.54, 1.807) is 0 Å². The molecular weight excluding hydrogens is 412 g/mol. The Bertz CT molecular complexity index is 703. The smallest absolute Gasteiger partial charge is 0.190 e. The molecule has 0 N–H and O–H groups in total. The third-order valence-corrected chi connectivity index (χ3v) is 7.42. The average molecular weight is 437 g/mol. The second-order valence-corrected chi connectivity index (χ2v) is 9.40. The van der Waals surface area contributed by atoms with Crippen LogP contribution in [0.25, 0.3) is 0 Å². The SMILES string of the molecule is Brc1ccc(C2OCCC3OC4C5OC6(CCCCC6)OC5OC4C32)cc1. The molecule has 0 radical (unpaired) electrons. The molecule has 5 nitrogen and oxygen atoms in total. The van der Waals surface area contributed by atoms with E-state index in [0.717, 1.165) is 30.3 Å². The van der Waals surface area contributed by atoms with Crippen LogP contribution in [0.4, 0.5) is 0 Å². The maximum absolute atomic E-state index is 6.49. The van der Waals surface area contributed by atoms with Crippen LogP contribution in [-0.4, -0.2) is 43.1 Å². The minimum absolute atomic E-state index is 0.00526. The highest BCUT2D eigenvalue weighted by atomic mass is 79.9. The lowest BCUT2D eigenvalue weighted by Gasteiger charge is -2.36.